The smallest absolute Gasteiger partial charge is 0.293 e. The number of thioether (sulfide) groups is 1. The summed E-state index contributed by atoms with van der Waals surface area (Å²) < 4.78 is 25.8. The molecule has 122 valence electrons. The fraction of sp³-hybridized carbons (Fsp3) is 0.538. The van der Waals surface area contributed by atoms with Crippen molar-refractivity contribution >= 4 is 33.2 Å². The number of nitrogens with one attached hydrogen (secondary N) is 1. The van der Waals surface area contributed by atoms with E-state index in [-0.39, 0.29) is 16.6 Å². The lowest BCUT2D eigenvalue weighted by Gasteiger charge is -2.28. The molecule has 1 unspecified atom stereocenters. The maximum Gasteiger partial charge on any atom is 0.293 e. The lowest BCUT2D eigenvalue weighted by Crippen LogP contribution is -2.34. The Morgan fingerprint density at radius 1 is 1.41 bits per heavy atom. The van der Waals surface area contributed by atoms with Gasteiger partial charge in [-0.15, -0.1) is 0 Å². The first-order chi connectivity index (χ1) is 10.4. The molecule has 1 saturated heterocycles. The predicted octanol–water partition coefficient (Wildman–Crippen LogP) is 1.83. The van der Waals surface area contributed by atoms with Gasteiger partial charge in [0, 0.05) is 24.4 Å². The van der Waals surface area contributed by atoms with Crippen molar-refractivity contribution in [2.75, 3.05) is 30.0 Å². The van der Waals surface area contributed by atoms with Crippen LogP contribution in [0, 0.1) is 10.1 Å². The van der Waals surface area contributed by atoms with E-state index in [1.54, 1.807) is 0 Å². The first kappa shape index (κ1) is 17.0. The van der Waals surface area contributed by atoms with Gasteiger partial charge in [0.2, 0.25) is 10.0 Å². The Bertz CT molecular complexity index is 663. The molecule has 1 N–H and O–H groups in total. The molecule has 0 saturated carbocycles. The van der Waals surface area contributed by atoms with E-state index in [0.29, 0.717) is 12.2 Å². The molecule has 0 radical (unpaired) electrons. The van der Waals surface area contributed by atoms with Gasteiger partial charge in [0.25, 0.3) is 5.69 Å². The Labute approximate surface area is 134 Å². The van der Waals surface area contributed by atoms with E-state index in [4.69, 9.17) is 0 Å². The van der Waals surface area contributed by atoms with Gasteiger partial charge in [0.05, 0.1) is 9.82 Å². The molecule has 0 bridgehead atoms. The number of sulfonamides is 1. The van der Waals surface area contributed by atoms with E-state index in [1.807, 2.05) is 23.6 Å². The van der Waals surface area contributed by atoms with Crippen molar-refractivity contribution in [3.8, 4) is 0 Å². The predicted molar refractivity (Wildman–Crippen MR) is 88.1 cm³/mol. The van der Waals surface area contributed by atoms with Crippen LogP contribution < -0.4 is 9.62 Å². The third kappa shape index (κ3) is 3.53. The molecule has 1 aromatic rings. The standard InChI is InChI=1S/C13H19N3O4S2/c1-10-5-7-21-8-6-15(10)12-4-3-11(22(19,20)14-2)9-13(12)16(17)18/h3-4,9-10,14H,5-8H2,1-2H3. The highest BCUT2D eigenvalue weighted by Gasteiger charge is 2.27. The summed E-state index contributed by atoms with van der Waals surface area (Å²) in [6, 6.07) is 4.26. The van der Waals surface area contributed by atoms with Crippen LogP contribution in [0.25, 0.3) is 0 Å². The van der Waals surface area contributed by atoms with Gasteiger partial charge >= 0.3 is 0 Å². The van der Waals surface area contributed by atoms with Gasteiger partial charge in [-0.25, -0.2) is 13.1 Å². The van der Waals surface area contributed by atoms with Crippen LogP contribution in [0.3, 0.4) is 0 Å². The molecule has 2 rings (SSSR count). The Kier molecular flexibility index (Phi) is 5.30. The van der Waals surface area contributed by atoms with E-state index in [0.717, 1.165) is 24.0 Å². The second-order valence-corrected chi connectivity index (χ2v) is 8.17. The van der Waals surface area contributed by atoms with Crippen molar-refractivity contribution in [3.63, 3.8) is 0 Å². The van der Waals surface area contributed by atoms with E-state index >= 15 is 0 Å². The van der Waals surface area contributed by atoms with Crippen LogP contribution in [0.4, 0.5) is 11.4 Å². The van der Waals surface area contributed by atoms with E-state index < -0.39 is 14.9 Å². The summed E-state index contributed by atoms with van der Waals surface area (Å²) in [5.41, 5.74) is 0.310. The largest absolute Gasteiger partial charge is 0.362 e. The van der Waals surface area contributed by atoms with Gasteiger partial charge in [-0.05, 0) is 38.3 Å². The average molecular weight is 345 g/mol. The van der Waals surface area contributed by atoms with Crippen molar-refractivity contribution < 1.29 is 13.3 Å². The lowest BCUT2D eigenvalue weighted by molar-refractivity contribution is -0.384. The molecular formula is C13H19N3O4S2. The topological polar surface area (TPSA) is 92.6 Å². The molecule has 7 nitrogen and oxygen atoms in total. The van der Waals surface area contributed by atoms with Crippen LogP contribution in [0.2, 0.25) is 0 Å². The molecule has 1 heterocycles. The molecular weight excluding hydrogens is 326 g/mol. The van der Waals surface area contributed by atoms with Gasteiger partial charge in [-0.1, -0.05) is 0 Å². The highest BCUT2D eigenvalue weighted by atomic mass is 32.2. The number of nitro groups is 1. The molecule has 1 fully saturated rings. The van der Waals surface area contributed by atoms with Gasteiger partial charge < -0.3 is 4.90 Å². The minimum absolute atomic E-state index is 0.0951. The third-order valence-electron chi connectivity index (χ3n) is 3.72. The van der Waals surface area contributed by atoms with E-state index in [1.165, 1.54) is 19.2 Å². The second-order valence-electron chi connectivity index (χ2n) is 5.06. The number of hydrogen-bond donors (Lipinski definition) is 1. The van der Waals surface area contributed by atoms with Crippen LogP contribution >= 0.6 is 11.8 Å². The van der Waals surface area contributed by atoms with Crippen molar-refractivity contribution in [2.24, 2.45) is 0 Å². The summed E-state index contributed by atoms with van der Waals surface area (Å²) >= 11 is 1.83. The summed E-state index contributed by atoms with van der Waals surface area (Å²) in [6.45, 7) is 2.75. The van der Waals surface area contributed by atoms with Crippen LogP contribution in [0.1, 0.15) is 13.3 Å². The molecule has 9 heteroatoms. The molecule has 22 heavy (non-hydrogen) atoms. The number of anilines is 1. The van der Waals surface area contributed by atoms with Gasteiger partial charge in [0.1, 0.15) is 5.69 Å². The van der Waals surface area contributed by atoms with Crippen LogP contribution in [0.15, 0.2) is 23.1 Å². The zero-order valence-electron chi connectivity index (χ0n) is 12.5. The van der Waals surface area contributed by atoms with Crippen molar-refractivity contribution in [2.45, 2.75) is 24.3 Å². The molecule has 1 aliphatic rings. The number of benzene rings is 1. The summed E-state index contributed by atoms with van der Waals surface area (Å²) in [6.07, 6.45) is 0.943. The highest BCUT2D eigenvalue weighted by molar-refractivity contribution is 7.99. The minimum Gasteiger partial charge on any atom is -0.362 e. The number of nitro benzene ring substituents is 1. The Morgan fingerprint density at radius 3 is 2.77 bits per heavy atom. The number of nitrogens with zero attached hydrogens (tertiary/aromatic N) is 2. The van der Waals surface area contributed by atoms with Crippen LogP contribution in [-0.4, -0.2) is 44.5 Å². The normalized spacial score (nSPS) is 19.7. The average Bonchev–Trinajstić information content (AvgIpc) is 2.71. The first-order valence-corrected chi connectivity index (χ1v) is 9.57. The van der Waals surface area contributed by atoms with Crippen LogP contribution in [-0.2, 0) is 10.0 Å². The molecule has 0 amide bonds. The lowest BCUT2D eigenvalue weighted by atomic mass is 10.1. The Morgan fingerprint density at radius 2 is 2.14 bits per heavy atom. The van der Waals surface area contributed by atoms with Crippen molar-refractivity contribution in [1.29, 1.82) is 0 Å². The molecule has 1 aliphatic heterocycles. The molecule has 1 aromatic carbocycles. The molecule has 0 aliphatic carbocycles. The first-order valence-electron chi connectivity index (χ1n) is 6.93. The Balaban J connectivity index is 2.49. The quantitative estimate of drug-likeness (QED) is 0.661. The SMILES string of the molecule is CNS(=O)(=O)c1ccc(N2CCSCCC2C)c([N+](=O)[O-])c1. The van der Waals surface area contributed by atoms with E-state index in [2.05, 4.69) is 4.72 Å². The van der Waals surface area contributed by atoms with Gasteiger partial charge in [-0.3, -0.25) is 10.1 Å². The zero-order chi connectivity index (χ0) is 16.3. The molecule has 0 spiro atoms. The zero-order valence-corrected chi connectivity index (χ0v) is 14.1. The maximum absolute atomic E-state index is 11.8. The monoisotopic (exact) mass is 345 g/mol. The summed E-state index contributed by atoms with van der Waals surface area (Å²) in [5.74, 6) is 1.93. The maximum atomic E-state index is 11.8. The van der Waals surface area contributed by atoms with Crippen molar-refractivity contribution in [1.82, 2.24) is 4.72 Å². The fourth-order valence-corrected chi connectivity index (χ4v) is 4.22. The van der Waals surface area contributed by atoms with Gasteiger partial charge in [0.15, 0.2) is 0 Å². The summed E-state index contributed by atoms with van der Waals surface area (Å²) in [5, 5.41) is 11.4. The van der Waals surface area contributed by atoms with Gasteiger partial charge in [-0.2, -0.15) is 11.8 Å². The number of hydrogen-bond acceptors (Lipinski definition) is 6. The fourth-order valence-electron chi connectivity index (χ4n) is 2.43. The number of rotatable bonds is 4. The van der Waals surface area contributed by atoms with Crippen molar-refractivity contribution in [3.05, 3.63) is 28.3 Å². The third-order valence-corrected chi connectivity index (χ3v) is 6.13. The highest BCUT2D eigenvalue weighted by Crippen LogP contribution is 2.33. The summed E-state index contributed by atoms with van der Waals surface area (Å²) in [7, 11) is -2.42. The minimum atomic E-state index is -3.70. The van der Waals surface area contributed by atoms with Crippen LogP contribution in [0.5, 0.6) is 0 Å². The molecule has 1 atom stereocenters. The second kappa shape index (κ2) is 6.84. The molecule has 0 aromatic heterocycles. The van der Waals surface area contributed by atoms with E-state index in [9.17, 15) is 18.5 Å². The summed E-state index contributed by atoms with van der Waals surface area (Å²) in [4.78, 5) is 12.8. The Hall–Kier alpha value is -1.32.